The smallest absolute Gasteiger partial charge is 0.0879 e. The van der Waals surface area contributed by atoms with Gasteiger partial charge in [-0.3, -0.25) is 15.5 Å². The monoisotopic (exact) mass is 281 g/mol. The normalized spacial score (nSPS) is 12.7. The predicted octanol–water partition coefficient (Wildman–Crippen LogP) is 2.08. The van der Waals surface area contributed by atoms with Gasteiger partial charge in [0.25, 0.3) is 0 Å². The summed E-state index contributed by atoms with van der Waals surface area (Å²) in [5.74, 6) is 5.79. The van der Waals surface area contributed by atoms with Crippen LogP contribution in [-0.2, 0) is 13.5 Å². The maximum absolute atomic E-state index is 5.79. The SMILES string of the molecule is CCc1cc(C(NN)c2ccc3cccnc3c2)n(C)n1. The zero-order valence-electron chi connectivity index (χ0n) is 12.2. The minimum absolute atomic E-state index is 0.103. The molecule has 1 unspecified atom stereocenters. The van der Waals surface area contributed by atoms with Gasteiger partial charge in [-0.05, 0) is 30.2 Å². The third kappa shape index (κ3) is 2.53. The highest BCUT2D eigenvalue weighted by Crippen LogP contribution is 2.24. The van der Waals surface area contributed by atoms with Gasteiger partial charge in [0, 0.05) is 18.6 Å². The van der Waals surface area contributed by atoms with Crippen molar-refractivity contribution >= 4 is 10.9 Å². The van der Waals surface area contributed by atoms with Crippen LogP contribution in [-0.4, -0.2) is 14.8 Å². The molecule has 0 saturated carbocycles. The van der Waals surface area contributed by atoms with Crippen molar-refractivity contribution in [2.24, 2.45) is 12.9 Å². The van der Waals surface area contributed by atoms with Crippen LogP contribution in [0.25, 0.3) is 10.9 Å². The van der Waals surface area contributed by atoms with Gasteiger partial charge in [-0.25, -0.2) is 5.43 Å². The van der Waals surface area contributed by atoms with Crippen LogP contribution >= 0.6 is 0 Å². The number of aryl methyl sites for hydroxylation is 2. The lowest BCUT2D eigenvalue weighted by atomic mass is 10.0. The van der Waals surface area contributed by atoms with E-state index in [2.05, 4.69) is 52.8 Å². The van der Waals surface area contributed by atoms with E-state index in [1.807, 2.05) is 17.8 Å². The van der Waals surface area contributed by atoms with E-state index in [-0.39, 0.29) is 6.04 Å². The van der Waals surface area contributed by atoms with Gasteiger partial charge in [0.15, 0.2) is 0 Å². The first-order chi connectivity index (χ1) is 10.2. The summed E-state index contributed by atoms with van der Waals surface area (Å²) in [4.78, 5) is 4.41. The summed E-state index contributed by atoms with van der Waals surface area (Å²) in [6.07, 6.45) is 2.71. The summed E-state index contributed by atoms with van der Waals surface area (Å²) in [6.45, 7) is 2.09. The van der Waals surface area contributed by atoms with Crippen LogP contribution in [0.5, 0.6) is 0 Å². The van der Waals surface area contributed by atoms with Gasteiger partial charge in [-0.15, -0.1) is 0 Å². The number of hydrogen-bond donors (Lipinski definition) is 2. The zero-order valence-corrected chi connectivity index (χ0v) is 12.2. The second kappa shape index (κ2) is 5.63. The summed E-state index contributed by atoms with van der Waals surface area (Å²) >= 11 is 0. The lowest BCUT2D eigenvalue weighted by Gasteiger charge is -2.17. The van der Waals surface area contributed by atoms with Gasteiger partial charge in [-0.1, -0.05) is 25.1 Å². The van der Waals surface area contributed by atoms with Gasteiger partial charge < -0.3 is 0 Å². The van der Waals surface area contributed by atoms with E-state index >= 15 is 0 Å². The molecular formula is C16H19N5. The van der Waals surface area contributed by atoms with Crippen LogP contribution < -0.4 is 11.3 Å². The van der Waals surface area contributed by atoms with Crippen LogP contribution in [0.2, 0.25) is 0 Å². The van der Waals surface area contributed by atoms with E-state index in [0.29, 0.717) is 0 Å². The molecule has 0 spiro atoms. The molecule has 0 radical (unpaired) electrons. The molecule has 0 aliphatic rings. The molecule has 0 aliphatic heterocycles. The van der Waals surface area contributed by atoms with Gasteiger partial charge in [0.1, 0.15) is 0 Å². The molecule has 3 N–H and O–H groups in total. The highest BCUT2D eigenvalue weighted by molar-refractivity contribution is 5.79. The van der Waals surface area contributed by atoms with Crippen molar-refractivity contribution in [3.8, 4) is 0 Å². The van der Waals surface area contributed by atoms with Crippen LogP contribution in [0.4, 0.5) is 0 Å². The van der Waals surface area contributed by atoms with E-state index in [1.165, 1.54) is 0 Å². The van der Waals surface area contributed by atoms with Gasteiger partial charge in [0.2, 0.25) is 0 Å². The molecule has 21 heavy (non-hydrogen) atoms. The Labute approximate surface area is 123 Å². The second-order valence-corrected chi connectivity index (χ2v) is 5.09. The van der Waals surface area contributed by atoms with Crippen molar-refractivity contribution in [1.82, 2.24) is 20.2 Å². The number of nitrogens with zero attached hydrogens (tertiary/aromatic N) is 3. The number of fused-ring (bicyclic) bond motifs is 1. The van der Waals surface area contributed by atoms with Crippen molar-refractivity contribution in [3.05, 3.63) is 59.5 Å². The summed E-state index contributed by atoms with van der Waals surface area (Å²) in [5.41, 5.74) is 7.04. The minimum Gasteiger partial charge on any atom is -0.271 e. The Morgan fingerprint density at radius 3 is 2.86 bits per heavy atom. The molecule has 0 aliphatic carbocycles. The number of benzene rings is 1. The molecule has 0 bridgehead atoms. The van der Waals surface area contributed by atoms with Gasteiger partial charge in [-0.2, -0.15) is 5.10 Å². The van der Waals surface area contributed by atoms with Crippen molar-refractivity contribution in [2.75, 3.05) is 0 Å². The van der Waals surface area contributed by atoms with Crippen LogP contribution in [0.15, 0.2) is 42.6 Å². The van der Waals surface area contributed by atoms with Crippen molar-refractivity contribution < 1.29 is 0 Å². The average Bonchev–Trinajstić information content (AvgIpc) is 2.89. The van der Waals surface area contributed by atoms with Gasteiger partial charge >= 0.3 is 0 Å². The first kappa shape index (κ1) is 13.7. The Morgan fingerprint density at radius 2 is 2.14 bits per heavy atom. The van der Waals surface area contributed by atoms with E-state index in [9.17, 15) is 0 Å². The molecule has 3 rings (SSSR count). The Balaban J connectivity index is 2.06. The maximum Gasteiger partial charge on any atom is 0.0879 e. The quantitative estimate of drug-likeness (QED) is 0.567. The molecule has 0 fully saturated rings. The topological polar surface area (TPSA) is 68.8 Å². The fourth-order valence-electron chi connectivity index (χ4n) is 2.60. The fourth-order valence-corrected chi connectivity index (χ4v) is 2.60. The van der Waals surface area contributed by atoms with Crippen molar-refractivity contribution in [2.45, 2.75) is 19.4 Å². The lowest BCUT2D eigenvalue weighted by molar-refractivity contribution is 0.574. The Kier molecular flexibility index (Phi) is 3.68. The number of pyridine rings is 1. The van der Waals surface area contributed by atoms with Gasteiger partial charge in [0.05, 0.1) is 22.9 Å². The first-order valence-electron chi connectivity index (χ1n) is 7.06. The molecule has 2 aromatic heterocycles. The van der Waals surface area contributed by atoms with Crippen LogP contribution in [0.3, 0.4) is 0 Å². The maximum atomic E-state index is 5.79. The Hall–Kier alpha value is -2.24. The third-order valence-corrected chi connectivity index (χ3v) is 3.75. The Bertz CT molecular complexity index is 762. The van der Waals surface area contributed by atoms with E-state index < -0.39 is 0 Å². The Morgan fingerprint density at radius 1 is 1.29 bits per heavy atom. The first-order valence-corrected chi connectivity index (χ1v) is 7.06. The summed E-state index contributed by atoms with van der Waals surface area (Å²) in [7, 11) is 1.94. The summed E-state index contributed by atoms with van der Waals surface area (Å²) in [5, 5.41) is 5.61. The summed E-state index contributed by atoms with van der Waals surface area (Å²) in [6, 6.07) is 12.2. The van der Waals surface area contributed by atoms with Crippen molar-refractivity contribution in [3.63, 3.8) is 0 Å². The number of hydrogen-bond acceptors (Lipinski definition) is 4. The molecule has 1 atom stereocenters. The van der Waals surface area contributed by atoms with Crippen LogP contribution in [0.1, 0.15) is 29.9 Å². The number of aromatic nitrogens is 3. The van der Waals surface area contributed by atoms with Crippen molar-refractivity contribution in [1.29, 1.82) is 0 Å². The predicted molar refractivity (Wildman–Crippen MR) is 83.5 cm³/mol. The zero-order chi connectivity index (χ0) is 14.8. The number of rotatable bonds is 4. The minimum atomic E-state index is -0.103. The molecule has 0 amide bonds. The third-order valence-electron chi connectivity index (χ3n) is 3.75. The largest absolute Gasteiger partial charge is 0.271 e. The van der Waals surface area contributed by atoms with E-state index in [0.717, 1.165) is 34.3 Å². The number of nitrogens with two attached hydrogens (primary N) is 1. The molecule has 108 valence electrons. The lowest BCUT2D eigenvalue weighted by Crippen LogP contribution is -2.30. The molecular weight excluding hydrogens is 262 g/mol. The highest BCUT2D eigenvalue weighted by Gasteiger charge is 2.17. The van der Waals surface area contributed by atoms with E-state index in [4.69, 9.17) is 5.84 Å². The molecule has 5 nitrogen and oxygen atoms in total. The number of nitrogens with one attached hydrogen (secondary N) is 1. The highest BCUT2D eigenvalue weighted by atomic mass is 15.3. The summed E-state index contributed by atoms with van der Waals surface area (Å²) < 4.78 is 1.88. The molecule has 0 saturated heterocycles. The molecule has 5 heteroatoms. The van der Waals surface area contributed by atoms with Crippen LogP contribution in [0, 0.1) is 0 Å². The average molecular weight is 281 g/mol. The van der Waals surface area contributed by atoms with E-state index in [1.54, 1.807) is 6.20 Å². The molecule has 1 aromatic carbocycles. The molecule has 3 aromatic rings. The second-order valence-electron chi connectivity index (χ2n) is 5.09. The number of hydrazine groups is 1. The fraction of sp³-hybridized carbons (Fsp3) is 0.250. The standard InChI is InChI=1S/C16H19N5/c1-3-13-10-15(21(2)20-13)16(19-17)12-7-6-11-5-4-8-18-14(11)9-12/h4-10,16,19H,3,17H2,1-2H3. The molecule has 2 heterocycles.